The van der Waals surface area contributed by atoms with Crippen LogP contribution in [0.15, 0.2) is 29.2 Å². The van der Waals surface area contributed by atoms with Gasteiger partial charge in [-0.05, 0) is 50.4 Å². The fourth-order valence-electron chi connectivity index (χ4n) is 2.56. The van der Waals surface area contributed by atoms with Crippen molar-refractivity contribution in [2.24, 2.45) is 5.73 Å². The lowest BCUT2D eigenvalue weighted by Crippen LogP contribution is -2.41. The Labute approximate surface area is 127 Å². The van der Waals surface area contributed by atoms with Gasteiger partial charge in [-0.15, -0.1) is 12.4 Å². The van der Waals surface area contributed by atoms with E-state index in [-0.39, 0.29) is 18.4 Å². The van der Waals surface area contributed by atoms with Crippen LogP contribution < -0.4 is 5.73 Å². The molecule has 2 N–H and O–H groups in total. The van der Waals surface area contributed by atoms with E-state index in [1.165, 1.54) is 0 Å². The second-order valence-corrected chi connectivity index (χ2v) is 7.03. The minimum Gasteiger partial charge on any atom is -0.330 e. The third-order valence-electron chi connectivity index (χ3n) is 3.70. The Hall–Kier alpha value is -0.620. The maximum atomic E-state index is 12.6. The molecular weight excluding hydrogens is 296 g/mol. The maximum absolute atomic E-state index is 12.6. The number of hydrogen-bond donors (Lipinski definition) is 1. The summed E-state index contributed by atoms with van der Waals surface area (Å²) in [6.45, 7) is 3.20. The monoisotopic (exact) mass is 318 g/mol. The van der Waals surface area contributed by atoms with E-state index in [9.17, 15) is 8.42 Å². The first-order valence-corrected chi connectivity index (χ1v) is 8.30. The van der Waals surface area contributed by atoms with Crippen LogP contribution >= 0.6 is 12.4 Å². The SMILES string of the molecule is CC1CCCCN1S(=O)(=O)c1ccc(CCN)cc1.Cl. The van der Waals surface area contributed by atoms with Gasteiger partial charge in [-0.25, -0.2) is 8.42 Å². The molecule has 0 spiro atoms. The predicted octanol–water partition coefficient (Wildman–Crippen LogP) is 2.17. The van der Waals surface area contributed by atoms with E-state index < -0.39 is 10.0 Å². The van der Waals surface area contributed by atoms with Crippen LogP contribution in [0.5, 0.6) is 0 Å². The zero-order valence-corrected chi connectivity index (χ0v) is 13.4. The van der Waals surface area contributed by atoms with Crippen molar-refractivity contribution in [1.82, 2.24) is 4.31 Å². The maximum Gasteiger partial charge on any atom is 0.243 e. The minimum atomic E-state index is -3.34. The fourth-order valence-corrected chi connectivity index (χ4v) is 4.26. The number of nitrogens with zero attached hydrogens (tertiary/aromatic N) is 1. The van der Waals surface area contributed by atoms with Crippen LogP contribution in [0.4, 0.5) is 0 Å². The van der Waals surface area contributed by atoms with E-state index in [2.05, 4.69) is 0 Å². The molecule has 1 aliphatic rings. The highest BCUT2D eigenvalue weighted by atomic mass is 35.5. The van der Waals surface area contributed by atoms with E-state index in [1.54, 1.807) is 16.4 Å². The molecule has 114 valence electrons. The molecule has 1 heterocycles. The number of hydrogen-bond acceptors (Lipinski definition) is 3. The molecule has 1 aliphatic heterocycles. The lowest BCUT2D eigenvalue weighted by Gasteiger charge is -2.32. The summed E-state index contributed by atoms with van der Waals surface area (Å²) in [5.41, 5.74) is 6.57. The minimum absolute atomic E-state index is 0. The van der Waals surface area contributed by atoms with Gasteiger partial charge in [0.1, 0.15) is 0 Å². The smallest absolute Gasteiger partial charge is 0.243 e. The quantitative estimate of drug-likeness (QED) is 0.925. The average molecular weight is 319 g/mol. The van der Waals surface area contributed by atoms with Gasteiger partial charge in [0.2, 0.25) is 10.0 Å². The molecule has 0 amide bonds. The second-order valence-electron chi connectivity index (χ2n) is 5.14. The number of piperidine rings is 1. The van der Waals surface area contributed by atoms with Crippen LogP contribution in [0.1, 0.15) is 31.7 Å². The molecule has 1 atom stereocenters. The number of sulfonamides is 1. The van der Waals surface area contributed by atoms with E-state index in [0.717, 1.165) is 31.2 Å². The van der Waals surface area contributed by atoms with Crippen molar-refractivity contribution in [3.05, 3.63) is 29.8 Å². The Morgan fingerprint density at radius 2 is 1.90 bits per heavy atom. The highest BCUT2D eigenvalue weighted by molar-refractivity contribution is 7.89. The zero-order valence-electron chi connectivity index (χ0n) is 11.8. The van der Waals surface area contributed by atoms with E-state index in [4.69, 9.17) is 5.73 Å². The number of benzene rings is 1. The molecule has 1 unspecified atom stereocenters. The predicted molar refractivity (Wildman–Crippen MR) is 83.7 cm³/mol. The highest BCUT2D eigenvalue weighted by Gasteiger charge is 2.30. The summed E-state index contributed by atoms with van der Waals surface area (Å²) in [6.07, 6.45) is 3.79. The van der Waals surface area contributed by atoms with Crippen molar-refractivity contribution in [3.8, 4) is 0 Å². The summed E-state index contributed by atoms with van der Waals surface area (Å²) < 4.78 is 26.8. The molecule has 1 aromatic rings. The summed E-state index contributed by atoms with van der Waals surface area (Å²) >= 11 is 0. The molecule has 4 nitrogen and oxygen atoms in total. The molecule has 0 bridgehead atoms. The van der Waals surface area contributed by atoms with Crippen LogP contribution in [0.25, 0.3) is 0 Å². The molecule has 0 radical (unpaired) electrons. The van der Waals surface area contributed by atoms with Gasteiger partial charge in [-0.1, -0.05) is 18.6 Å². The lowest BCUT2D eigenvalue weighted by molar-refractivity contribution is 0.268. The van der Waals surface area contributed by atoms with Crippen molar-refractivity contribution < 1.29 is 8.42 Å². The number of rotatable bonds is 4. The van der Waals surface area contributed by atoms with Gasteiger partial charge in [0, 0.05) is 12.6 Å². The van der Waals surface area contributed by atoms with Crippen LogP contribution in [0, 0.1) is 0 Å². The largest absolute Gasteiger partial charge is 0.330 e. The first kappa shape index (κ1) is 17.4. The van der Waals surface area contributed by atoms with Gasteiger partial charge < -0.3 is 5.73 Å². The number of halogens is 1. The van der Waals surface area contributed by atoms with Crippen molar-refractivity contribution in [2.75, 3.05) is 13.1 Å². The van der Waals surface area contributed by atoms with Crippen molar-refractivity contribution >= 4 is 22.4 Å². The molecule has 0 aliphatic carbocycles. The van der Waals surface area contributed by atoms with Gasteiger partial charge in [0.15, 0.2) is 0 Å². The van der Waals surface area contributed by atoms with E-state index in [1.807, 2.05) is 19.1 Å². The summed E-state index contributed by atoms with van der Waals surface area (Å²) in [7, 11) is -3.34. The zero-order chi connectivity index (χ0) is 13.9. The molecule has 1 saturated heterocycles. The summed E-state index contributed by atoms with van der Waals surface area (Å²) in [5.74, 6) is 0. The van der Waals surface area contributed by atoms with Crippen LogP contribution in [0.3, 0.4) is 0 Å². The molecule has 0 aromatic heterocycles. The molecule has 1 fully saturated rings. The fraction of sp³-hybridized carbons (Fsp3) is 0.571. The standard InChI is InChI=1S/C14H22N2O2S.ClH/c1-12-4-2-3-11-16(12)19(17,18)14-7-5-13(6-8-14)9-10-15;/h5-8,12H,2-4,9-11,15H2,1H3;1H. The third kappa shape index (κ3) is 3.73. The normalized spacial score (nSPS) is 20.4. The Morgan fingerprint density at radius 1 is 1.25 bits per heavy atom. The second kappa shape index (κ2) is 7.41. The molecule has 20 heavy (non-hydrogen) atoms. The Morgan fingerprint density at radius 3 is 2.45 bits per heavy atom. The third-order valence-corrected chi connectivity index (χ3v) is 5.73. The molecular formula is C14H23ClN2O2S. The average Bonchev–Trinajstić information content (AvgIpc) is 2.40. The van der Waals surface area contributed by atoms with Crippen LogP contribution in [-0.4, -0.2) is 31.9 Å². The Balaban J connectivity index is 0.00000200. The molecule has 2 rings (SSSR count). The Bertz CT molecular complexity index is 516. The van der Waals surface area contributed by atoms with Crippen molar-refractivity contribution in [2.45, 2.75) is 43.5 Å². The summed E-state index contributed by atoms with van der Waals surface area (Å²) in [4.78, 5) is 0.391. The van der Waals surface area contributed by atoms with Gasteiger partial charge in [0.05, 0.1) is 4.90 Å². The van der Waals surface area contributed by atoms with Crippen molar-refractivity contribution in [3.63, 3.8) is 0 Å². The first-order chi connectivity index (χ1) is 9.05. The van der Waals surface area contributed by atoms with Gasteiger partial charge >= 0.3 is 0 Å². The van der Waals surface area contributed by atoms with E-state index in [0.29, 0.717) is 18.0 Å². The Kier molecular flexibility index (Phi) is 6.45. The highest BCUT2D eigenvalue weighted by Crippen LogP contribution is 2.25. The van der Waals surface area contributed by atoms with Gasteiger partial charge in [-0.3, -0.25) is 0 Å². The molecule has 0 saturated carbocycles. The van der Waals surface area contributed by atoms with E-state index >= 15 is 0 Å². The van der Waals surface area contributed by atoms with Crippen LogP contribution in [0.2, 0.25) is 0 Å². The molecule has 6 heteroatoms. The summed E-state index contributed by atoms with van der Waals surface area (Å²) in [5, 5.41) is 0. The van der Waals surface area contributed by atoms with Crippen molar-refractivity contribution in [1.29, 1.82) is 0 Å². The molecule has 1 aromatic carbocycles. The summed E-state index contributed by atoms with van der Waals surface area (Å²) in [6, 6.07) is 7.20. The first-order valence-electron chi connectivity index (χ1n) is 6.86. The lowest BCUT2D eigenvalue weighted by atomic mass is 10.1. The number of nitrogens with two attached hydrogens (primary N) is 1. The van der Waals surface area contributed by atoms with Crippen LogP contribution in [-0.2, 0) is 16.4 Å². The van der Waals surface area contributed by atoms with Gasteiger partial charge in [0.25, 0.3) is 0 Å². The topological polar surface area (TPSA) is 63.4 Å². The van der Waals surface area contributed by atoms with Gasteiger partial charge in [-0.2, -0.15) is 4.31 Å².